The number of sulfonamides is 1. The second-order valence-electron chi connectivity index (χ2n) is 5.99. The second-order valence-corrected chi connectivity index (χ2v) is 7.82. The quantitative estimate of drug-likeness (QED) is 0.640. The molecule has 0 bridgehead atoms. The van der Waals surface area contributed by atoms with Gasteiger partial charge in [-0.3, -0.25) is 9.10 Å². The van der Waals surface area contributed by atoms with E-state index in [4.69, 9.17) is 9.47 Å². The Labute approximate surface area is 164 Å². The van der Waals surface area contributed by atoms with Crippen molar-refractivity contribution in [2.24, 2.45) is 0 Å². The van der Waals surface area contributed by atoms with E-state index in [1.165, 1.54) is 32.4 Å². The van der Waals surface area contributed by atoms with E-state index < -0.39 is 28.3 Å². The van der Waals surface area contributed by atoms with Crippen molar-refractivity contribution in [2.75, 3.05) is 38.2 Å². The van der Waals surface area contributed by atoms with Crippen molar-refractivity contribution in [2.45, 2.75) is 11.8 Å². The summed E-state index contributed by atoms with van der Waals surface area (Å²) in [5.74, 6) is -0.882. The van der Waals surface area contributed by atoms with Gasteiger partial charge in [0, 0.05) is 13.7 Å². The Hall–Kier alpha value is -2.65. The minimum absolute atomic E-state index is 0.0796. The van der Waals surface area contributed by atoms with Gasteiger partial charge in [0.1, 0.15) is 23.0 Å². The van der Waals surface area contributed by atoms with E-state index in [2.05, 4.69) is 5.32 Å². The molecule has 28 heavy (non-hydrogen) atoms. The van der Waals surface area contributed by atoms with Crippen molar-refractivity contribution < 1.29 is 27.1 Å². The molecule has 9 heteroatoms. The summed E-state index contributed by atoms with van der Waals surface area (Å²) in [6.45, 7) is 1.80. The van der Waals surface area contributed by atoms with Crippen LogP contribution in [0.3, 0.4) is 0 Å². The highest BCUT2D eigenvalue weighted by molar-refractivity contribution is 7.93. The van der Waals surface area contributed by atoms with Crippen LogP contribution in [0.15, 0.2) is 47.4 Å². The van der Waals surface area contributed by atoms with Crippen LogP contribution in [0.2, 0.25) is 0 Å². The largest absolute Gasteiger partial charge is 0.495 e. The highest BCUT2D eigenvalue weighted by Crippen LogP contribution is 2.30. The van der Waals surface area contributed by atoms with Gasteiger partial charge in [-0.25, -0.2) is 12.8 Å². The highest BCUT2D eigenvalue weighted by atomic mass is 32.2. The molecule has 0 saturated heterocycles. The number of amides is 1. The molecule has 0 aliphatic heterocycles. The molecule has 1 N–H and O–H groups in total. The number of anilines is 1. The van der Waals surface area contributed by atoms with E-state index in [0.29, 0.717) is 12.2 Å². The van der Waals surface area contributed by atoms with Gasteiger partial charge in [-0.1, -0.05) is 6.07 Å². The fourth-order valence-electron chi connectivity index (χ4n) is 2.51. The molecule has 152 valence electrons. The number of nitrogens with zero attached hydrogens (tertiary/aromatic N) is 1. The van der Waals surface area contributed by atoms with Gasteiger partial charge >= 0.3 is 0 Å². The van der Waals surface area contributed by atoms with Crippen LogP contribution < -0.4 is 14.4 Å². The lowest BCUT2D eigenvalue weighted by atomic mass is 10.2. The monoisotopic (exact) mass is 410 g/mol. The van der Waals surface area contributed by atoms with E-state index >= 15 is 0 Å². The van der Waals surface area contributed by atoms with E-state index in [0.717, 1.165) is 16.4 Å². The van der Waals surface area contributed by atoms with Gasteiger partial charge in [-0.15, -0.1) is 0 Å². The maximum atomic E-state index is 13.4. The van der Waals surface area contributed by atoms with Crippen molar-refractivity contribution in [3.05, 3.63) is 53.8 Å². The molecule has 0 radical (unpaired) electrons. The van der Waals surface area contributed by atoms with Gasteiger partial charge in [0.25, 0.3) is 10.0 Å². The van der Waals surface area contributed by atoms with Gasteiger partial charge in [0.2, 0.25) is 5.91 Å². The molecule has 1 amide bonds. The topological polar surface area (TPSA) is 84.9 Å². The summed E-state index contributed by atoms with van der Waals surface area (Å²) in [6.07, 6.45) is 0. The van der Waals surface area contributed by atoms with Crippen LogP contribution in [0.4, 0.5) is 10.1 Å². The van der Waals surface area contributed by atoms with Crippen molar-refractivity contribution in [1.82, 2.24) is 5.32 Å². The number of hydrogen-bond donors (Lipinski definition) is 1. The number of nitrogens with one attached hydrogen (secondary N) is 1. The van der Waals surface area contributed by atoms with Crippen LogP contribution in [-0.2, 0) is 19.6 Å². The zero-order valence-electron chi connectivity index (χ0n) is 15.9. The second kappa shape index (κ2) is 9.52. The number of rotatable bonds is 9. The van der Waals surface area contributed by atoms with E-state index in [-0.39, 0.29) is 22.9 Å². The third-order valence-corrected chi connectivity index (χ3v) is 5.71. The molecule has 0 spiro atoms. The molecule has 0 atom stereocenters. The Morgan fingerprint density at radius 2 is 1.82 bits per heavy atom. The molecule has 0 aliphatic rings. The molecule has 0 aromatic heterocycles. The molecule has 2 aromatic carbocycles. The van der Waals surface area contributed by atoms with Crippen molar-refractivity contribution >= 4 is 21.6 Å². The highest BCUT2D eigenvalue weighted by Gasteiger charge is 2.30. The minimum atomic E-state index is -4.16. The van der Waals surface area contributed by atoms with Gasteiger partial charge < -0.3 is 14.8 Å². The maximum Gasteiger partial charge on any atom is 0.268 e. The molecule has 7 nitrogen and oxygen atoms in total. The van der Waals surface area contributed by atoms with Crippen LogP contribution in [0.1, 0.15) is 5.56 Å². The maximum absolute atomic E-state index is 13.4. The van der Waals surface area contributed by atoms with Crippen LogP contribution in [-0.4, -0.2) is 48.2 Å². The lowest BCUT2D eigenvalue weighted by Gasteiger charge is -2.25. The Kier molecular flexibility index (Phi) is 7.36. The number of methoxy groups -OCH3 is 2. The van der Waals surface area contributed by atoms with Crippen molar-refractivity contribution in [1.29, 1.82) is 0 Å². The predicted molar refractivity (Wildman–Crippen MR) is 104 cm³/mol. The first-order chi connectivity index (χ1) is 13.3. The summed E-state index contributed by atoms with van der Waals surface area (Å²) in [4.78, 5) is 12.2. The molecule has 0 heterocycles. The standard InChI is InChI=1S/C19H23FN2O5S/c1-14-4-9-17(27-3)18(12-14)28(24,25)22(13-19(23)21-10-11-26-2)16-7-5-15(20)6-8-16/h4-9,12H,10-11,13H2,1-3H3,(H,21,23). The molecule has 2 rings (SSSR count). The fraction of sp³-hybridized carbons (Fsp3) is 0.316. The Morgan fingerprint density at radius 1 is 1.14 bits per heavy atom. The Bertz CT molecular complexity index is 916. The Morgan fingerprint density at radius 3 is 2.43 bits per heavy atom. The van der Waals surface area contributed by atoms with Gasteiger partial charge in [-0.2, -0.15) is 0 Å². The van der Waals surface area contributed by atoms with Gasteiger partial charge in [0.15, 0.2) is 0 Å². The zero-order valence-corrected chi connectivity index (χ0v) is 16.8. The molecule has 0 fully saturated rings. The summed E-state index contributed by atoms with van der Waals surface area (Å²) in [6, 6.07) is 9.60. The Balaban J connectivity index is 2.46. The van der Waals surface area contributed by atoms with E-state index in [1.807, 2.05) is 0 Å². The van der Waals surface area contributed by atoms with Gasteiger partial charge in [-0.05, 0) is 48.9 Å². The summed E-state index contributed by atoms with van der Waals surface area (Å²) in [5, 5.41) is 2.58. The number of hydrogen-bond acceptors (Lipinski definition) is 5. The summed E-state index contributed by atoms with van der Waals surface area (Å²) in [5.41, 5.74) is 0.870. The zero-order chi connectivity index (χ0) is 20.7. The average molecular weight is 410 g/mol. The van der Waals surface area contributed by atoms with Gasteiger partial charge in [0.05, 0.1) is 19.4 Å². The molecular weight excluding hydrogens is 387 g/mol. The average Bonchev–Trinajstić information content (AvgIpc) is 2.67. The summed E-state index contributed by atoms with van der Waals surface area (Å²) in [7, 11) is -1.31. The van der Waals surface area contributed by atoms with Crippen LogP contribution in [0, 0.1) is 12.7 Å². The molecule has 2 aromatic rings. The normalized spacial score (nSPS) is 11.1. The predicted octanol–water partition coefficient (Wildman–Crippen LogP) is 2.10. The lowest BCUT2D eigenvalue weighted by Crippen LogP contribution is -2.41. The fourth-order valence-corrected chi connectivity index (χ4v) is 4.17. The molecule has 0 aliphatic carbocycles. The molecule has 0 unspecified atom stereocenters. The first kappa shape index (κ1) is 21.6. The molecule has 0 saturated carbocycles. The number of benzene rings is 2. The number of aryl methyl sites for hydroxylation is 1. The summed E-state index contributed by atoms with van der Waals surface area (Å²) < 4.78 is 51.0. The van der Waals surface area contributed by atoms with Crippen molar-refractivity contribution in [3.63, 3.8) is 0 Å². The van der Waals surface area contributed by atoms with Crippen molar-refractivity contribution in [3.8, 4) is 5.75 Å². The first-order valence-corrected chi connectivity index (χ1v) is 9.92. The smallest absolute Gasteiger partial charge is 0.268 e. The summed E-state index contributed by atoms with van der Waals surface area (Å²) >= 11 is 0. The van der Waals surface area contributed by atoms with Crippen LogP contribution >= 0.6 is 0 Å². The number of carbonyl (C=O) groups excluding carboxylic acids is 1. The van der Waals surface area contributed by atoms with Crippen LogP contribution in [0.5, 0.6) is 5.75 Å². The number of ether oxygens (including phenoxy) is 2. The number of halogens is 1. The minimum Gasteiger partial charge on any atom is -0.495 e. The molecular formula is C19H23FN2O5S. The third kappa shape index (κ3) is 5.20. The van der Waals surface area contributed by atoms with E-state index in [1.54, 1.807) is 19.1 Å². The first-order valence-electron chi connectivity index (χ1n) is 8.48. The number of carbonyl (C=O) groups is 1. The third-order valence-electron chi connectivity index (χ3n) is 3.92. The SMILES string of the molecule is COCCNC(=O)CN(c1ccc(F)cc1)S(=O)(=O)c1cc(C)ccc1OC. The van der Waals surface area contributed by atoms with E-state index in [9.17, 15) is 17.6 Å². The van der Waals surface area contributed by atoms with Crippen LogP contribution in [0.25, 0.3) is 0 Å². The lowest BCUT2D eigenvalue weighted by molar-refractivity contribution is -0.119.